The molecule has 0 atom stereocenters. The maximum absolute atomic E-state index is 5.17. The van der Waals surface area contributed by atoms with Crippen molar-refractivity contribution in [2.24, 2.45) is 4.99 Å². The number of nitrogens with zero attached hydrogens (tertiary/aromatic N) is 2. The summed E-state index contributed by atoms with van der Waals surface area (Å²) >= 11 is 0. The number of methoxy groups -OCH3 is 1. The molecule has 0 unspecified atom stereocenters. The molecular formula is C18H31IN4O. The van der Waals surface area contributed by atoms with Gasteiger partial charge in [-0.3, -0.25) is 4.99 Å². The largest absolute Gasteiger partial charge is 0.497 e. The van der Waals surface area contributed by atoms with Crippen LogP contribution in [0, 0.1) is 0 Å². The van der Waals surface area contributed by atoms with Crippen LogP contribution in [0.3, 0.4) is 0 Å². The highest BCUT2D eigenvalue weighted by Crippen LogP contribution is 2.11. The number of ether oxygens (including phenoxy) is 1. The van der Waals surface area contributed by atoms with Crippen molar-refractivity contribution in [2.75, 3.05) is 46.9 Å². The van der Waals surface area contributed by atoms with Gasteiger partial charge in [-0.05, 0) is 63.0 Å². The summed E-state index contributed by atoms with van der Waals surface area (Å²) in [4.78, 5) is 6.82. The number of rotatable bonds is 8. The highest BCUT2D eigenvalue weighted by atomic mass is 127. The Morgan fingerprint density at radius 2 is 1.79 bits per heavy atom. The van der Waals surface area contributed by atoms with Crippen LogP contribution in [0.5, 0.6) is 5.75 Å². The Labute approximate surface area is 163 Å². The van der Waals surface area contributed by atoms with E-state index in [1.165, 1.54) is 44.5 Å². The molecule has 1 heterocycles. The van der Waals surface area contributed by atoms with E-state index in [-0.39, 0.29) is 24.0 Å². The molecule has 1 aliphatic rings. The summed E-state index contributed by atoms with van der Waals surface area (Å²) in [5.74, 6) is 1.79. The number of benzene rings is 1. The highest BCUT2D eigenvalue weighted by Gasteiger charge is 2.10. The van der Waals surface area contributed by atoms with Crippen molar-refractivity contribution in [2.45, 2.75) is 25.7 Å². The first-order chi connectivity index (χ1) is 11.3. The van der Waals surface area contributed by atoms with Gasteiger partial charge < -0.3 is 20.3 Å². The standard InChI is InChI=1S/C18H30N4O.HI/c1-19-18(20-11-5-15-22-13-3-4-14-22)21-12-10-16-6-8-17(23-2)9-7-16;/h6-9H,3-5,10-15H2,1-2H3,(H2,19,20,21);1H. The molecule has 0 bridgehead atoms. The summed E-state index contributed by atoms with van der Waals surface area (Å²) < 4.78 is 5.17. The third-order valence-electron chi connectivity index (χ3n) is 4.23. The molecule has 1 fully saturated rings. The van der Waals surface area contributed by atoms with Crippen molar-refractivity contribution < 1.29 is 4.74 Å². The topological polar surface area (TPSA) is 48.9 Å². The molecule has 24 heavy (non-hydrogen) atoms. The quantitative estimate of drug-likeness (QED) is 0.279. The summed E-state index contributed by atoms with van der Waals surface area (Å²) in [5.41, 5.74) is 1.29. The third-order valence-corrected chi connectivity index (χ3v) is 4.23. The Morgan fingerprint density at radius 3 is 2.42 bits per heavy atom. The molecule has 2 N–H and O–H groups in total. The fraction of sp³-hybridized carbons (Fsp3) is 0.611. The van der Waals surface area contributed by atoms with Crippen molar-refractivity contribution in [3.63, 3.8) is 0 Å². The number of hydrogen-bond acceptors (Lipinski definition) is 3. The molecule has 0 aromatic heterocycles. The molecule has 6 heteroatoms. The average Bonchev–Trinajstić information content (AvgIpc) is 3.11. The van der Waals surface area contributed by atoms with Gasteiger partial charge in [-0.2, -0.15) is 0 Å². The molecule has 1 aliphatic heterocycles. The first-order valence-electron chi connectivity index (χ1n) is 8.61. The van der Waals surface area contributed by atoms with E-state index in [9.17, 15) is 0 Å². The lowest BCUT2D eigenvalue weighted by molar-refractivity contribution is 0.334. The number of hydrogen-bond donors (Lipinski definition) is 2. The van der Waals surface area contributed by atoms with Gasteiger partial charge in [-0.25, -0.2) is 0 Å². The van der Waals surface area contributed by atoms with Crippen molar-refractivity contribution >= 4 is 29.9 Å². The van der Waals surface area contributed by atoms with Gasteiger partial charge in [0.2, 0.25) is 0 Å². The highest BCUT2D eigenvalue weighted by molar-refractivity contribution is 14.0. The number of likely N-dealkylation sites (tertiary alicyclic amines) is 1. The van der Waals surface area contributed by atoms with Crippen LogP contribution < -0.4 is 15.4 Å². The smallest absolute Gasteiger partial charge is 0.190 e. The van der Waals surface area contributed by atoms with E-state index in [1.54, 1.807) is 7.11 Å². The van der Waals surface area contributed by atoms with E-state index in [0.29, 0.717) is 0 Å². The lowest BCUT2D eigenvalue weighted by Gasteiger charge is -2.16. The predicted molar refractivity (Wildman–Crippen MR) is 112 cm³/mol. The zero-order chi connectivity index (χ0) is 16.3. The van der Waals surface area contributed by atoms with E-state index in [2.05, 4.69) is 32.7 Å². The second kappa shape index (κ2) is 12.4. The molecule has 0 saturated carbocycles. The van der Waals surface area contributed by atoms with Crippen molar-refractivity contribution in [3.8, 4) is 5.75 Å². The van der Waals surface area contributed by atoms with Gasteiger partial charge in [0.15, 0.2) is 5.96 Å². The fourth-order valence-electron chi connectivity index (χ4n) is 2.85. The minimum atomic E-state index is 0. The SMILES string of the molecule is CN=C(NCCCN1CCCC1)NCCc1ccc(OC)cc1.I. The second-order valence-electron chi connectivity index (χ2n) is 5.93. The number of guanidine groups is 1. The molecule has 5 nitrogen and oxygen atoms in total. The van der Waals surface area contributed by atoms with E-state index in [1.807, 2.05) is 19.2 Å². The van der Waals surface area contributed by atoms with Gasteiger partial charge in [-0.15, -0.1) is 24.0 Å². The van der Waals surface area contributed by atoms with Crippen LogP contribution in [0.4, 0.5) is 0 Å². The normalized spacial score (nSPS) is 15.0. The molecule has 0 spiro atoms. The van der Waals surface area contributed by atoms with Crippen molar-refractivity contribution in [1.29, 1.82) is 0 Å². The van der Waals surface area contributed by atoms with Gasteiger partial charge in [0.25, 0.3) is 0 Å². The van der Waals surface area contributed by atoms with E-state index in [0.717, 1.165) is 31.2 Å². The monoisotopic (exact) mass is 446 g/mol. The molecule has 1 aromatic carbocycles. The maximum atomic E-state index is 5.17. The van der Waals surface area contributed by atoms with Crippen LogP contribution in [0.15, 0.2) is 29.3 Å². The molecule has 0 amide bonds. The van der Waals surface area contributed by atoms with Crippen LogP contribution >= 0.6 is 24.0 Å². The Balaban J connectivity index is 0.00000288. The van der Waals surface area contributed by atoms with Crippen LogP contribution in [-0.2, 0) is 6.42 Å². The molecule has 0 radical (unpaired) electrons. The average molecular weight is 446 g/mol. The van der Waals surface area contributed by atoms with Crippen LogP contribution in [-0.4, -0.2) is 57.7 Å². The zero-order valence-electron chi connectivity index (χ0n) is 14.9. The molecule has 136 valence electrons. The zero-order valence-corrected chi connectivity index (χ0v) is 17.2. The lowest BCUT2D eigenvalue weighted by Crippen LogP contribution is -2.39. The summed E-state index contributed by atoms with van der Waals surface area (Å²) in [7, 11) is 3.51. The Morgan fingerprint density at radius 1 is 1.12 bits per heavy atom. The lowest BCUT2D eigenvalue weighted by atomic mass is 10.1. The minimum Gasteiger partial charge on any atom is -0.497 e. The first kappa shape index (κ1) is 21.0. The Bertz CT molecular complexity index is 472. The molecule has 1 saturated heterocycles. The summed E-state index contributed by atoms with van der Waals surface area (Å²) in [6.07, 6.45) is 4.86. The van der Waals surface area contributed by atoms with Gasteiger partial charge in [-0.1, -0.05) is 12.1 Å². The maximum Gasteiger partial charge on any atom is 0.190 e. The Kier molecular flexibility index (Phi) is 10.8. The number of aliphatic imine (C=N–C) groups is 1. The van der Waals surface area contributed by atoms with Gasteiger partial charge >= 0.3 is 0 Å². The van der Waals surface area contributed by atoms with Crippen molar-refractivity contribution in [1.82, 2.24) is 15.5 Å². The van der Waals surface area contributed by atoms with E-state index in [4.69, 9.17) is 4.74 Å². The Hall–Kier alpha value is -1.02. The minimum absolute atomic E-state index is 0. The first-order valence-corrected chi connectivity index (χ1v) is 8.61. The molecule has 0 aliphatic carbocycles. The summed E-state index contributed by atoms with van der Waals surface area (Å²) in [5, 5.41) is 6.76. The van der Waals surface area contributed by atoms with Gasteiger partial charge in [0.1, 0.15) is 5.75 Å². The molecule has 1 aromatic rings. The van der Waals surface area contributed by atoms with E-state index < -0.39 is 0 Å². The van der Waals surface area contributed by atoms with Gasteiger partial charge in [0.05, 0.1) is 7.11 Å². The summed E-state index contributed by atoms with van der Waals surface area (Å²) in [6, 6.07) is 8.21. The molecule has 2 rings (SSSR count). The van der Waals surface area contributed by atoms with Crippen LogP contribution in [0.25, 0.3) is 0 Å². The fourth-order valence-corrected chi connectivity index (χ4v) is 2.85. The van der Waals surface area contributed by atoms with Crippen LogP contribution in [0.2, 0.25) is 0 Å². The third kappa shape index (κ3) is 7.70. The van der Waals surface area contributed by atoms with Gasteiger partial charge in [0, 0.05) is 20.1 Å². The molecular weight excluding hydrogens is 415 g/mol. The van der Waals surface area contributed by atoms with E-state index >= 15 is 0 Å². The second-order valence-corrected chi connectivity index (χ2v) is 5.93. The van der Waals surface area contributed by atoms with Crippen LogP contribution in [0.1, 0.15) is 24.8 Å². The summed E-state index contributed by atoms with van der Waals surface area (Å²) in [6.45, 7) is 5.58. The van der Waals surface area contributed by atoms with Crippen molar-refractivity contribution in [3.05, 3.63) is 29.8 Å². The number of halogens is 1. The number of nitrogens with one attached hydrogen (secondary N) is 2. The predicted octanol–water partition coefficient (Wildman–Crippen LogP) is 2.51.